The van der Waals surface area contributed by atoms with Crippen LogP contribution in [0.5, 0.6) is 0 Å². The molecule has 0 aliphatic heterocycles. The van der Waals surface area contributed by atoms with Crippen LogP contribution in [0, 0.1) is 19.8 Å². The van der Waals surface area contributed by atoms with E-state index in [-0.39, 0.29) is 11.8 Å². The van der Waals surface area contributed by atoms with Crippen LogP contribution < -0.4 is 5.32 Å². The van der Waals surface area contributed by atoms with Crippen LogP contribution in [-0.2, 0) is 17.9 Å². The second kappa shape index (κ2) is 4.90. The van der Waals surface area contributed by atoms with Crippen molar-refractivity contribution >= 4 is 5.91 Å². The van der Waals surface area contributed by atoms with E-state index < -0.39 is 0 Å². The number of nitrogens with one attached hydrogen (secondary N) is 1. The molecule has 1 saturated carbocycles. The molecule has 0 spiro atoms. The monoisotopic (exact) mass is 235 g/mol. The van der Waals surface area contributed by atoms with Gasteiger partial charge in [0.25, 0.3) is 0 Å². The molecule has 1 aromatic heterocycles. The summed E-state index contributed by atoms with van der Waals surface area (Å²) < 4.78 is 1.99. The quantitative estimate of drug-likeness (QED) is 0.867. The van der Waals surface area contributed by atoms with Crippen molar-refractivity contribution in [3.05, 3.63) is 17.0 Å². The maximum Gasteiger partial charge on any atom is 0.223 e. The minimum atomic E-state index is 0.208. The van der Waals surface area contributed by atoms with E-state index >= 15 is 0 Å². The van der Waals surface area contributed by atoms with Crippen LogP contribution in [-0.4, -0.2) is 15.7 Å². The predicted molar refractivity (Wildman–Crippen MR) is 66.6 cm³/mol. The van der Waals surface area contributed by atoms with Crippen LogP contribution in [0.4, 0.5) is 0 Å². The second-order valence-corrected chi connectivity index (χ2v) is 4.81. The van der Waals surface area contributed by atoms with Gasteiger partial charge in [-0.25, -0.2) is 0 Å². The Morgan fingerprint density at radius 2 is 2.18 bits per heavy atom. The third kappa shape index (κ3) is 2.35. The summed E-state index contributed by atoms with van der Waals surface area (Å²) in [7, 11) is 0. The average molecular weight is 235 g/mol. The van der Waals surface area contributed by atoms with Crippen molar-refractivity contribution in [3.8, 4) is 0 Å². The smallest absolute Gasteiger partial charge is 0.223 e. The number of rotatable bonds is 4. The summed E-state index contributed by atoms with van der Waals surface area (Å²) in [5, 5.41) is 7.48. The van der Waals surface area contributed by atoms with E-state index in [0.29, 0.717) is 6.54 Å². The van der Waals surface area contributed by atoms with Gasteiger partial charge in [-0.3, -0.25) is 9.48 Å². The molecular weight excluding hydrogens is 214 g/mol. The number of nitrogens with zero attached hydrogens (tertiary/aromatic N) is 2. The zero-order valence-corrected chi connectivity index (χ0v) is 10.9. The van der Waals surface area contributed by atoms with Gasteiger partial charge in [0.2, 0.25) is 5.91 Å². The minimum absolute atomic E-state index is 0.208. The normalized spacial score (nSPS) is 15.7. The van der Waals surface area contributed by atoms with Gasteiger partial charge in [-0.15, -0.1) is 0 Å². The Morgan fingerprint density at radius 1 is 1.47 bits per heavy atom. The molecule has 0 saturated heterocycles. The first-order valence-electron chi connectivity index (χ1n) is 6.44. The van der Waals surface area contributed by atoms with Crippen LogP contribution in [0.25, 0.3) is 0 Å². The standard InChI is InChI=1S/C13H21N3O/c1-4-16-10(3)12(9(2)15-16)8-14-13(17)11-6-5-7-11/h11H,4-8H2,1-3H3,(H,14,17). The lowest BCUT2D eigenvalue weighted by Gasteiger charge is -2.24. The van der Waals surface area contributed by atoms with Gasteiger partial charge in [-0.05, 0) is 33.6 Å². The first-order valence-corrected chi connectivity index (χ1v) is 6.44. The molecule has 1 aromatic rings. The van der Waals surface area contributed by atoms with Crippen LogP contribution in [0.3, 0.4) is 0 Å². The summed E-state index contributed by atoms with van der Waals surface area (Å²) in [5.41, 5.74) is 3.36. The number of hydrogen-bond donors (Lipinski definition) is 1. The molecule has 2 rings (SSSR count). The van der Waals surface area contributed by atoms with Crippen molar-refractivity contribution in [2.45, 2.75) is 53.1 Å². The summed E-state index contributed by atoms with van der Waals surface area (Å²) in [5.74, 6) is 0.469. The van der Waals surface area contributed by atoms with Gasteiger partial charge in [-0.1, -0.05) is 6.42 Å². The molecule has 4 nitrogen and oxygen atoms in total. The first kappa shape index (κ1) is 12.1. The minimum Gasteiger partial charge on any atom is -0.352 e. The lowest BCUT2D eigenvalue weighted by molar-refractivity contribution is -0.127. The van der Waals surface area contributed by atoms with E-state index in [0.717, 1.165) is 25.1 Å². The predicted octanol–water partition coefficient (Wildman–Crippen LogP) is 1.94. The lowest BCUT2D eigenvalue weighted by atomic mass is 9.85. The van der Waals surface area contributed by atoms with Gasteiger partial charge in [-0.2, -0.15) is 5.10 Å². The van der Waals surface area contributed by atoms with Gasteiger partial charge in [0.15, 0.2) is 0 Å². The van der Waals surface area contributed by atoms with Crippen molar-refractivity contribution in [1.29, 1.82) is 0 Å². The molecular formula is C13H21N3O. The molecule has 0 aromatic carbocycles. The molecule has 4 heteroatoms. The first-order chi connectivity index (χ1) is 8.13. The molecule has 1 aliphatic carbocycles. The number of amides is 1. The van der Waals surface area contributed by atoms with E-state index in [1.165, 1.54) is 17.7 Å². The van der Waals surface area contributed by atoms with Crippen LogP contribution in [0.1, 0.15) is 43.1 Å². The summed E-state index contributed by atoms with van der Waals surface area (Å²) in [4.78, 5) is 11.8. The fraction of sp³-hybridized carbons (Fsp3) is 0.692. The van der Waals surface area contributed by atoms with Crippen molar-refractivity contribution in [2.75, 3.05) is 0 Å². The summed E-state index contributed by atoms with van der Waals surface area (Å²) in [6.45, 7) is 7.64. The van der Waals surface area contributed by atoms with E-state index in [1.807, 2.05) is 11.6 Å². The van der Waals surface area contributed by atoms with Crippen LogP contribution >= 0.6 is 0 Å². The van der Waals surface area contributed by atoms with Crippen molar-refractivity contribution in [1.82, 2.24) is 15.1 Å². The van der Waals surface area contributed by atoms with E-state index in [4.69, 9.17) is 0 Å². The average Bonchev–Trinajstić information content (AvgIpc) is 2.49. The maximum atomic E-state index is 11.8. The Bertz CT molecular complexity index is 419. The van der Waals surface area contributed by atoms with Crippen LogP contribution in [0.2, 0.25) is 0 Å². The Morgan fingerprint density at radius 3 is 2.65 bits per heavy atom. The molecule has 1 N–H and O–H groups in total. The molecule has 1 aliphatic rings. The second-order valence-electron chi connectivity index (χ2n) is 4.81. The van der Waals surface area contributed by atoms with Crippen molar-refractivity contribution in [3.63, 3.8) is 0 Å². The van der Waals surface area contributed by atoms with Gasteiger partial charge in [0.05, 0.1) is 5.69 Å². The molecule has 1 amide bonds. The molecule has 0 bridgehead atoms. The highest BCUT2D eigenvalue weighted by Crippen LogP contribution is 2.26. The molecule has 1 fully saturated rings. The zero-order valence-electron chi connectivity index (χ0n) is 10.9. The fourth-order valence-corrected chi connectivity index (χ4v) is 2.29. The highest BCUT2D eigenvalue weighted by molar-refractivity contribution is 5.79. The topological polar surface area (TPSA) is 46.9 Å². The number of carbonyl (C=O) groups is 1. The van der Waals surface area contributed by atoms with Crippen LogP contribution in [0.15, 0.2) is 0 Å². The van der Waals surface area contributed by atoms with Gasteiger partial charge >= 0.3 is 0 Å². The Kier molecular flexibility index (Phi) is 3.50. The van der Waals surface area contributed by atoms with E-state index in [9.17, 15) is 4.79 Å². The molecule has 0 unspecified atom stereocenters. The molecule has 17 heavy (non-hydrogen) atoms. The lowest BCUT2D eigenvalue weighted by Crippen LogP contribution is -2.34. The molecule has 0 atom stereocenters. The largest absolute Gasteiger partial charge is 0.352 e. The van der Waals surface area contributed by atoms with Crippen molar-refractivity contribution in [2.24, 2.45) is 5.92 Å². The maximum absolute atomic E-state index is 11.8. The van der Waals surface area contributed by atoms with Gasteiger partial charge in [0, 0.05) is 30.3 Å². The van der Waals surface area contributed by atoms with Gasteiger partial charge < -0.3 is 5.32 Å². The molecule has 1 heterocycles. The number of aryl methyl sites for hydroxylation is 2. The number of carbonyl (C=O) groups excluding carboxylic acids is 1. The Balaban J connectivity index is 1.98. The Hall–Kier alpha value is -1.32. The molecule has 94 valence electrons. The fourth-order valence-electron chi connectivity index (χ4n) is 2.29. The highest BCUT2D eigenvalue weighted by atomic mass is 16.1. The summed E-state index contributed by atoms with van der Waals surface area (Å²) in [6, 6.07) is 0. The van der Waals surface area contributed by atoms with Crippen molar-refractivity contribution < 1.29 is 4.79 Å². The summed E-state index contributed by atoms with van der Waals surface area (Å²) in [6.07, 6.45) is 3.31. The Labute approximate surface area is 102 Å². The number of hydrogen-bond acceptors (Lipinski definition) is 2. The van der Waals surface area contributed by atoms with E-state index in [2.05, 4.69) is 24.3 Å². The van der Waals surface area contributed by atoms with E-state index in [1.54, 1.807) is 0 Å². The summed E-state index contributed by atoms with van der Waals surface area (Å²) >= 11 is 0. The SMILES string of the molecule is CCn1nc(C)c(CNC(=O)C2CCC2)c1C. The van der Waals surface area contributed by atoms with Gasteiger partial charge in [0.1, 0.15) is 0 Å². The third-order valence-corrected chi connectivity index (χ3v) is 3.75. The number of aromatic nitrogens is 2. The zero-order chi connectivity index (χ0) is 12.4. The highest BCUT2D eigenvalue weighted by Gasteiger charge is 2.25. The molecule has 0 radical (unpaired) electrons. The third-order valence-electron chi connectivity index (χ3n) is 3.75.